The number of nitrogens with one attached hydrogen (secondary N) is 1. The molecule has 8 nitrogen and oxygen atoms in total. The van der Waals surface area contributed by atoms with Gasteiger partial charge in [-0.2, -0.15) is 0 Å². The van der Waals surface area contributed by atoms with Gasteiger partial charge in [-0.05, 0) is 32.8 Å². The molecular weight excluding hydrogens is 374 g/mol. The fourth-order valence-corrected chi connectivity index (χ4v) is 2.99. The predicted octanol–water partition coefficient (Wildman–Crippen LogP) is 1.73. The van der Waals surface area contributed by atoms with Gasteiger partial charge in [0.2, 0.25) is 11.7 Å². The molecule has 1 aromatic rings. The van der Waals surface area contributed by atoms with E-state index in [-0.39, 0.29) is 25.4 Å². The van der Waals surface area contributed by atoms with Crippen LogP contribution in [0.25, 0.3) is 0 Å². The van der Waals surface area contributed by atoms with Crippen molar-refractivity contribution in [2.75, 3.05) is 20.1 Å². The van der Waals surface area contributed by atoms with E-state index in [1.807, 2.05) is 30.3 Å². The number of likely N-dealkylation sites (tertiary alicyclic amines) is 1. The normalized spacial score (nSPS) is 16.5. The van der Waals surface area contributed by atoms with E-state index in [2.05, 4.69) is 5.32 Å². The summed E-state index contributed by atoms with van der Waals surface area (Å²) in [6.45, 7) is 5.91. The first-order valence-corrected chi connectivity index (χ1v) is 9.68. The van der Waals surface area contributed by atoms with Crippen molar-refractivity contribution in [1.29, 1.82) is 0 Å². The number of likely N-dealkylation sites (N-methyl/N-ethyl adjacent to an activating group) is 1. The average Bonchev–Trinajstić information content (AvgIpc) is 3.00. The third-order valence-corrected chi connectivity index (χ3v) is 4.49. The molecule has 1 aliphatic rings. The third kappa shape index (κ3) is 6.58. The molecule has 3 amide bonds. The second-order valence-corrected chi connectivity index (χ2v) is 8.08. The number of carbonyl (C=O) groups is 4. The van der Waals surface area contributed by atoms with Crippen LogP contribution >= 0.6 is 0 Å². The Balaban J connectivity index is 1.86. The Labute approximate surface area is 171 Å². The zero-order valence-electron chi connectivity index (χ0n) is 17.4. The molecule has 1 N–H and O–H groups in total. The molecule has 0 aromatic heterocycles. The van der Waals surface area contributed by atoms with E-state index in [0.29, 0.717) is 13.0 Å². The minimum atomic E-state index is -0.758. The van der Waals surface area contributed by atoms with Crippen molar-refractivity contribution >= 4 is 23.7 Å². The van der Waals surface area contributed by atoms with Crippen LogP contribution in [0.15, 0.2) is 30.3 Å². The number of nitrogens with zero attached hydrogens (tertiary/aromatic N) is 2. The number of carbonyl (C=O) groups excluding carboxylic acids is 4. The lowest BCUT2D eigenvalue weighted by Gasteiger charge is -2.25. The molecule has 1 aliphatic heterocycles. The summed E-state index contributed by atoms with van der Waals surface area (Å²) < 4.78 is 5.23. The fourth-order valence-electron chi connectivity index (χ4n) is 2.99. The second-order valence-electron chi connectivity index (χ2n) is 8.08. The summed E-state index contributed by atoms with van der Waals surface area (Å²) in [4.78, 5) is 51.8. The first-order valence-electron chi connectivity index (χ1n) is 9.68. The van der Waals surface area contributed by atoms with E-state index >= 15 is 0 Å². The Kier molecular flexibility index (Phi) is 7.36. The van der Waals surface area contributed by atoms with Crippen molar-refractivity contribution < 1.29 is 23.9 Å². The first kappa shape index (κ1) is 22.4. The summed E-state index contributed by atoms with van der Waals surface area (Å²) in [6.07, 6.45) is 0.0710. The molecule has 0 unspecified atom stereocenters. The highest BCUT2D eigenvalue weighted by Crippen LogP contribution is 2.22. The molecule has 0 spiro atoms. The van der Waals surface area contributed by atoms with Crippen molar-refractivity contribution in [1.82, 2.24) is 15.1 Å². The molecule has 8 heteroatoms. The predicted molar refractivity (Wildman–Crippen MR) is 107 cm³/mol. The average molecular weight is 403 g/mol. The zero-order valence-corrected chi connectivity index (χ0v) is 17.4. The molecule has 1 saturated heterocycles. The number of ketones is 1. The fraction of sp³-hybridized carbons (Fsp3) is 0.524. The highest BCUT2D eigenvalue weighted by atomic mass is 16.6. The highest BCUT2D eigenvalue weighted by Gasteiger charge is 2.38. The first-order chi connectivity index (χ1) is 13.6. The minimum Gasteiger partial charge on any atom is -0.444 e. The molecule has 1 fully saturated rings. The number of benzene rings is 1. The van der Waals surface area contributed by atoms with Gasteiger partial charge in [-0.3, -0.25) is 14.4 Å². The molecule has 2 rings (SSSR count). The molecule has 1 atom stereocenters. The van der Waals surface area contributed by atoms with Crippen LogP contribution in [0.4, 0.5) is 4.79 Å². The number of ether oxygens (including phenoxy) is 1. The van der Waals surface area contributed by atoms with E-state index in [9.17, 15) is 19.2 Å². The Hall–Kier alpha value is -2.90. The number of hydrogen-bond acceptors (Lipinski definition) is 5. The third-order valence-electron chi connectivity index (χ3n) is 4.49. The molecular formula is C21H29N3O5. The maximum Gasteiger partial charge on any atom is 0.410 e. The van der Waals surface area contributed by atoms with Crippen molar-refractivity contribution in [2.45, 2.75) is 51.8 Å². The van der Waals surface area contributed by atoms with Crippen LogP contribution in [-0.2, 0) is 25.7 Å². The van der Waals surface area contributed by atoms with E-state index < -0.39 is 29.4 Å². The van der Waals surface area contributed by atoms with Gasteiger partial charge in [-0.25, -0.2) is 4.79 Å². The van der Waals surface area contributed by atoms with Crippen LogP contribution in [0.5, 0.6) is 0 Å². The van der Waals surface area contributed by atoms with Crippen LogP contribution < -0.4 is 5.32 Å². The van der Waals surface area contributed by atoms with Gasteiger partial charge in [-0.15, -0.1) is 0 Å². The summed E-state index contributed by atoms with van der Waals surface area (Å²) >= 11 is 0. The summed E-state index contributed by atoms with van der Waals surface area (Å²) in [6, 6.07) is 8.59. The Morgan fingerprint density at radius 1 is 1.21 bits per heavy atom. The van der Waals surface area contributed by atoms with Gasteiger partial charge in [0.15, 0.2) is 0 Å². The SMILES string of the molecule is CN(CCNC(=O)C(=O)[C@H]1CCC(=O)N1Cc1ccccc1)C(=O)OC(C)(C)C. The summed E-state index contributed by atoms with van der Waals surface area (Å²) in [5.41, 5.74) is 0.293. The lowest BCUT2D eigenvalue weighted by atomic mass is 10.1. The number of amides is 3. The Morgan fingerprint density at radius 2 is 1.86 bits per heavy atom. The molecule has 158 valence electrons. The van der Waals surface area contributed by atoms with Crippen molar-refractivity contribution in [3.63, 3.8) is 0 Å². The number of Topliss-reactive ketones (excluding diaryl/α,β-unsaturated/α-hetero) is 1. The standard InChI is InChI=1S/C21H29N3O5/c1-21(2,3)29-20(28)23(4)13-12-22-19(27)18(26)16-10-11-17(25)24(16)14-15-8-6-5-7-9-15/h5-9,16H,10-14H2,1-4H3,(H,22,27)/t16-/m1/s1. The van der Waals surface area contributed by atoms with E-state index in [1.54, 1.807) is 27.8 Å². The van der Waals surface area contributed by atoms with Crippen molar-refractivity contribution in [3.05, 3.63) is 35.9 Å². The summed E-state index contributed by atoms with van der Waals surface area (Å²) in [7, 11) is 1.55. The molecule has 0 radical (unpaired) electrons. The van der Waals surface area contributed by atoms with Gasteiger partial charge in [0.25, 0.3) is 5.91 Å². The quantitative estimate of drug-likeness (QED) is 0.700. The van der Waals surface area contributed by atoms with Gasteiger partial charge in [0.05, 0.1) is 0 Å². The van der Waals surface area contributed by atoms with Crippen molar-refractivity contribution in [3.8, 4) is 0 Å². The van der Waals surface area contributed by atoms with Crippen LogP contribution in [-0.4, -0.2) is 65.3 Å². The molecule has 0 bridgehead atoms. The van der Waals surface area contributed by atoms with E-state index in [4.69, 9.17) is 4.74 Å². The van der Waals surface area contributed by atoms with E-state index in [0.717, 1.165) is 5.56 Å². The van der Waals surface area contributed by atoms with Gasteiger partial charge in [-0.1, -0.05) is 30.3 Å². The zero-order chi connectivity index (χ0) is 21.6. The largest absolute Gasteiger partial charge is 0.444 e. The van der Waals surface area contributed by atoms with Crippen LogP contribution in [0.1, 0.15) is 39.2 Å². The number of hydrogen-bond donors (Lipinski definition) is 1. The monoisotopic (exact) mass is 403 g/mol. The molecule has 0 aliphatic carbocycles. The minimum absolute atomic E-state index is 0.111. The Morgan fingerprint density at radius 3 is 2.48 bits per heavy atom. The van der Waals surface area contributed by atoms with E-state index in [1.165, 1.54) is 9.80 Å². The molecule has 1 aromatic carbocycles. The topological polar surface area (TPSA) is 96.0 Å². The maximum absolute atomic E-state index is 12.6. The summed E-state index contributed by atoms with van der Waals surface area (Å²) in [5, 5.41) is 2.53. The second kappa shape index (κ2) is 9.54. The highest BCUT2D eigenvalue weighted by molar-refractivity contribution is 6.38. The lowest BCUT2D eigenvalue weighted by Crippen LogP contribution is -2.47. The Bertz CT molecular complexity index is 757. The van der Waals surface area contributed by atoms with Crippen LogP contribution in [0.3, 0.4) is 0 Å². The van der Waals surface area contributed by atoms with Gasteiger partial charge < -0.3 is 19.9 Å². The molecule has 29 heavy (non-hydrogen) atoms. The van der Waals surface area contributed by atoms with Crippen molar-refractivity contribution in [2.24, 2.45) is 0 Å². The van der Waals surface area contributed by atoms with Gasteiger partial charge >= 0.3 is 6.09 Å². The smallest absolute Gasteiger partial charge is 0.410 e. The molecule has 1 heterocycles. The maximum atomic E-state index is 12.6. The lowest BCUT2D eigenvalue weighted by molar-refractivity contribution is -0.143. The van der Waals surface area contributed by atoms with Crippen LogP contribution in [0, 0.1) is 0 Å². The van der Waals surface area contributed by atoms with Gasteiger partial charge in [0.1, 0.15) is 11.6 Å². The summed E-state index contributed by atoms with van der Waals surface area (Å²) in [5.74, 6) is -1.52. The van der Waals surface area contributed by atoms with Crippen LogP contribution in [0.2, 0.25) is 0 Å². The van der Waals surface area contributed by atoms with Gasteiger partial charge in [0, 0.05) is 33.1 Å². The molecule has 0 saturated carbocycles. The number of rotatable bonds is 7.